The highest BCUT2D eigenvalue weighted by Gasteiger charge is 2.13. The van der Waals surface area contributed by atoms with Crippen LogP contribution in [0.5, 0.6) is 0 Å². The van der Waals surface area contributed by atoms with E-state index in [0.29, 0.717) is 29.5 Å². The van der Waals surface area contributed by atoms with Crippen molar-refractivity contribution < 1.29 is 27.8 Å². The Kier molecular flexibility index (Phi) is 11.3. The molecule has 0 spiro atoms. The van der Waals surface area contributed by atoms with Crippen molar-refractivity contribution in [2.75, 3.05) is 18.5 Å². The minimum Gasteiger partial charge on any atom is -0.349 e. The van der Waals surface area contributed by atoms with Crippen LogP contribution in [-0.2, 0) is 9.47 Å². The monoisotopic (exact) mass is 520 g/mol. The Balaban J connectivity index is 0.000000283. The van der Waals surface area contributed by atoms with Crippen LogP contribution >= 0.6 is 31.9 Å². The summed E-state index contributed by atoms with van der Waals surface area (Å²) in [5.41, 5.74) is 0.922. The van der Waals surface area contributed by atoms with Crippen molar-refractivity contribution in [3.8, 4) is 0 Å². The van der Waals surface area contributed by atoms with Crippen LogP contribution < -0.4 is 0 Å². The molecule has 0 atom stereocenters. The van der Waals surface area contributed by atoms with Crippen LogP contribution in [0.15, 0.2) is 40.9 Å². The van der Waals surface area contributed by atoms with Crippen molar-refractivity contribution >= 4 is 43.9 Å². The van der Waals surface area contributed by atoms with Gasteiger partial charge in [-0.05, 0) is 54.0 Å². The van der Waals surface area contributed by atoms with E-state index in [9.17, 15) is 18.4 Å². The van der Waals surface area contributed by atoms with Crippen LogP contribution in [0, 0.1) is 11.6 Å². The van der Waals surface area contributed by atoms with Gasteiger partial charge in [0.15, 0.2) is 12.1 Å². The number of carbonyl (C=O) groups is 2. The maximum atomic E-state index is 13.3. The van der Waals surface area contributed by atoms with Crippen LogP contribution in [0.25, 0.3) is 0 Å². The Bertz CT molecular complexity index is 794. The molecule has 2 rings (SSSR count). The summed E-state index contributed by atoms with van der Waals surface area (Å²) in [7, 11) is 0. The lowest BCUT2D eigenvalue weighted by Crippen LogP contribution is -2.09. The summed E-state index contributed by atoms with van der Waals surface area (Å²) in [4.78, 5) is 21.3. The summed E-state index contributed by atoms with van der Waals surface area (Å²) >= 11 is 6.04. The van der Waals surface area contributed by atoms with Crippen LogP contribution in [-0.4, -0.2) is 30.6 Å². The van der Waals surface area contributed by atoms with E-state index in [1.165, 1.54) is 18.2 Å². The predicted octanol–water partition coefficient (Wildman–Crippen LogP) is 5.88. The van der Waals surface area contributed by atoms with E-state index in [1.807, 2.05) is 13.8 Å². The Labute approximate surface area is 179 Å². The van der Waals surface area contributed by atoms with Gasteiger partial charge < -0.3 is 9.47 Å². The highest BCUT2D eigenvalue weighted by molar-refractivity contribution is 9.10. The SMILES string of the molecule is CCOC(OCC)c1ccc(Br)c(F)c1.O=Cc1ccc(C(=O)CBr)c(F)c1. The number of aldehydes is 1. The fraction of sp³-hybridized carbons (Fsp3) is 0.300. The van der Waals surface area contributed by atoms with Gasteiger partial charge in [-0.3, -0.25) is 9.59 Å². The average Bonchev–Trinajstić information content (AvgIpc) is 2.69. The van der Waals surface area contributed by atoms with Gasteiger partial charge in [-0.15, -0.1) is 0 Å². The Morgan fingerprint density at radius 2 is 1.71 bits per heavy atom. The van der Waals surface area contributed by atoms with E-state index in [1.54, 1.807) is 12.1 Å². The molecule has 0 bridgehead atoms. The number of halogens is 4. The highest BCUT2D eigenvalue weighted by atomic mass is 79.9. The second kappa shape index (κ2) is 12.9. The van der Waals surface area contributed by atoms with Crippen molar-refractivity contribution in [3.05, 3.63) is 69.2 Å². The van der Waals surface area contributed by atoms with Crippen LogP contribution in [0.4, 0.5) is 8.78 Å². The maximum absolute atomic E-state index is 13.3. The number of rotatable bonds is 8. The molecule has 0 saturated carbocycles. The van der Waals surface area contributed by atoms with E-state index >= 15 is 0 Å². The standard InChI is InChI=1S/C11H14BrFO2.C9H6BrFO2/c1-3-14-11(15-4-2)8-5-6-9(12)10(13)7-8;10-4-9(13)7-2-1-6(5-12)3-8(7)11/h5-7,11H,3-4H2,1-2H3;1-3,5H,4H2. The molecule has 0 aliphatic heterocycles. The molecule has 0 N–H and O–H groups in total. The molecule has 0 heterocycles. The molecular formula is C20H20Br2F2O4. The Morgan fingerprint density at radius 1 is 1.07 bits per heavy atom. The molecule has 0 saturated heterocycles. The van der Waals surface area contributed by atoms with Crippen LogP contribution in [0.3, 0.4) is 0 Å². The predicted molar refractivity (Wildman–Crippen MR) is 110 cm³/mol. The number of alkyl halides is 1. The molecule has 0 radical (unpaired) electrons. The lowest BCUT2D eigenvalue weighted by molar-refractivity contribution is -0.140. The summed E-state index contributed by atoms with van der Waals surface area (Å²) in [6, 6.07) is 8.61. The first-order valence-corrected chi connectivity index (χ1v) is 10.3. The lowest BCUT2D eigenvalue weighted by Gasteiger charge is -2.17. The van der Waals surface area contributed by atoms with Gasteiger partial charge >= 0.3 is 0 Å². The molecule has 0 aliphatic carbocycles. The zero-order valence-corrected chi connectivity index (χ0v) is 18.6. The van der Waals surface area contributed by atoms with Gasteiger partial charge in [0, 0.05) is 24.3 Å². The van der Waals surface area contributed by atoms with Crippen molar-refractivity contribution in [2.24, 2.45) is 0 Å². The highest BCUT2D eigenvalue weighted by Crippen LogP contribution is 2.23. The third-order valence-electron chi connectivity index (χ3n) is 3.40. The summed E-state index contributed by atoms with van der Waals surface area (Å²) in [5, 5.41) is 0.0738. The van der Waals surface area contributed by atoms with E-state index in [0.717, 1.165) is 6.07 Å². The first kappa shape index (κ1) is 24.6. The molecule has 0 aromatic heterocycles. The van der Waals surface area contributed by atoms with Crippen molar-refractivity contribution in [2.45, 2.75) is 20.1 Å². The van der Waals surface area contributed by atoms with Gasteiger partial charge in [0.1, 0.15) is 17.9 Å². The first-order valence-electron chi connectivity index (χ1n) is 8.39. The molecule has 0 amide bonds. The molecule has 152 valence electrons. The summed E-state index contributed by atoms with van der Waals surface area (Å²) in [6.07, 6.45) is 0.0495. The quantitative estimate of drug-likeness (QED) is 0.188. The van der Waals surface area contributed by atoms with Crippen molar-refractivity contribution in [1.82, 2.24) is 0 Å². The molecule has 2 aromatic rings. The third-order valence-corrected chi connectivity index (χ3v) is 4.56. The van der Waals surface area contributed by atoms with Gasteiger partial charge in [0.2, 0.25) is 0 Å². The van der Waals surface area contributed by atoms with E-state index in [-0.39, 0.29) is 28.1 Å². The molecule has 0 fully saturated rings. The number of carbonyl (C=O) groups excluding carboxylic acids is 2. The fourth-order valence-corrected chi connectivity index (χ4v) is 2.65. The van der Waals surface area contributed by atoms with E-state index in [4.69, 9.17) is 9.47 Å². The average molecular weight is 522 g/mol. The number of Topliss-reactive ketones (excluding diaryl/α,β-unsaturated/α-hetero) is 1. The van der Waals surface area contributed by atoms with E-state index in [2.05, 4.69) is 31.9 Å². The first-order chi connectivity index (χ1) is 13.4. The van der Waals surface area contributed by atoms with Gasteiger partial charge in [-0.1, -0.05) is 28.1 Å². The smallest absolute Gasteiger partial charge is 0.183 e. The van der Waals surface area contributed by atoms with Crippen molar-refractivity contribution in [1.29, 1.82) is 0 Å². The van der Waals surface area contributed by atoms with Gasteiger partial charge in [-0.25, -0.2) is 8.78 Å². The Hall–Kier alpha value is -1.48. The van der Waals surface area contributed by atoms with E-state index < -0.39 is 12.1 Å². The second-order valence-electron chi connectivity index (χ2n) is 5.33. The van der Waals surface area contributed by atoms with Crippen LogP contribution in [0.1, 0.15) is 46.4 Å². The molecule has 2 aromatic carbocycles. The minimum atomic E-state index is -0.658. The maximum Gasteiger partial charge on any atom is 0.183 e. The van der Waals surface area contributed by atoms with Gasteiger partial charge in [0.05, 0.1) is 15.4 Å². The Morgan fingerprint density at radius 3 is 2.18 bits per heavy atom. The topological polar surface area (TPSA) is 52.6 Å². The van der Waals surface area contributed by atoms with Gasteiger partial charge in [0.25, 0.3) is 0 Å². The molecule has 0 aliphatic rings. The van der Waals surface area contributed by atoms with Crippen LogP contribution in [0.2, 0.25) is 0 Å². The van der Waals surface area contributed by atoms with Gasteiger partial charge in [-0.2, -0.15) is 0 Å². The zero-order chi connectivity index (χ0) is 21.1. The molecular weight excluding hydrogens is 502 g/mol. The number of benzene rings is 2. The second-order valence-corrected chi connectivity index (χ2v) is 6.75. The minimum absolute atomic E-state index is 0.00229. The number of hydrogen-bond donors (Lipinski definition) is 0. The molecule has 8 heteroatoms. The number of ether oxygens (including phenoxy) is 2. The lowest BCUT2D eigenvalue weighted by atomic mass is 10.1. The largest absolute Gasteiger partial charge is 0.349 e. The molecule has 4 nitrogen and oxygen atoms in total. The third kappa shape index (κ3) is 7.50. The number of ketones is 1. The summed E-state index contributed by atoms with van der Waals surface area (Å²) in [5.74, 6) is -1.30. The fourth-order valence-electron chi connectivity index (χ4n) is 2.11. The van der Waals surface area contributed by atoms with Crippen molar-refractivity contribution in [3.63, 3.8) is 0 Å². The number of hydrogen-bond acceptors (Lipinski definition) is 4. The summed E-state index contributed by atoms with van der Waals surface area (Å²) < 4.78 is 37.5. The molecule has 0 unspecified atom stereocenters. The normalized spacial score (nSPS) is 10.4. The summed E-state index contributed by atoms with van der Waals surface area (Å²) in [6.45, 7) is 4.81. The zero-order valence-electron chi connectivity index (χ0n) is 15.4. The molecule has 28 heavy (non-hydrogen) atoms.